The lowest BCUT2D eigenvalue weighted by molar-refractivity contribution is -0.122. The van der Waals surface area contributed by atoms with E-state index >= 15 is 0 Å². The monoisotopic (exact) mass is 447 g/mol. The van der Waals surface area contributed by atoms with Gasteiger partial charge in [-0.1, -0.05) is 36.4 Å². The van der Waals surface area contributed by atoms with Crippen molar-refractivity contribution in [3.05, 3.63) is 90.0 Å². The van der Waals surface area contributed by atoms with Crippen LogP contribution in [0.5, 0.6) is 11.5 Å². The highest BCUT2D eigenvalue weighted by atomic mass is 16.5. The number of methoxy groups -OCH3 is 2. The molecule has 3 N–H and O–H groups in total. The van der Waals surface area contributed by atoms with E-state index in [0.717, 1.165) is 17.0 Å². The summed E-state index contributed by atoms with van der Waals surface area (Å²) in [5.74, 6) is 0.786. The maximum absolute atomic E-state index is 12.9. The maximum Gasteiger partial charge on any atom is 0.252 e. The molecule has 2 amide bonds. The van der Waals surface area contributed by atoms with E-state index in [9.17, 15) is 9.59 Å². The molecule has 7 heteroatoms. The van der Waals surface area contributed by atoms with Gasteiger partial charge >= 0.3 is 0 Å². The number of ether oxygens (including phenoxy) is 2. The summed E-state index contributed by atoms with van der Waals surface area (Å²) in [5.41, 5.74) is 2.32. The molecule has 0 aliphatic rings. The van der Waals surface area contributed by atoms with Gasteiger partial charge in [0.05, 0.1) is 14.2 Å². The molecule has 0 bridgehead atoms. The number of carbonyl (C=O) groups is 2. The van der Waals surface area contributed by atoms with E-state index < -0.39 is 6.04 Å². The summed E-state index contributed by atoms with van der Waals surface area (Å²) < 4.78 is 10.3. The van der Waals surface area contributed by atoms with E-state index in [1.54, 1.807) is 38.5 Å². The minimum atomic E-state index is -0.716. The molecule has 0 saturated carbocycles. The highest BCUT2D eigenvalue weighted by Crippen LogP contribution is 2.15. The number of anilines is 1. The molecule has 1 atom stereocenters. The van der Waals surface area contributed by atoms with Crippen molar-refractivity contribution in [2.24, 2.45) is 0 Å². The van der Waals surface area contributed by atoms with Gasteiger partial charge in [0.1, 0.15) is 17.5 Å². The lowest BCUT2D eigenvalue weighted by atomic mass is 10.0. The third kappa shape index (κ3) is 7.28. The lowest BCUT2D eigenvalue weighted by Crippen LogP contribution is -2.48. The summed E-state index contributed by atoms with van der Waals surface area (Å²) >= 11 is 0. The van der Waals surface area contributed by atoms with Gasteiger partial charge in [-0.05, 0) is 48.0 Å². The molecular weight excluding hydrogens is 418 g/mol. The van der Waals surface area contributed by atoms with E-state index in [4.69, 9.17) is 9.47 Å². The van der Waals surface area contributed by atoms with Crippen molar-refractivity contribution in [3.63, 3.8) is 0 Å². The van der Waals surface area contributed by atoms with Crippen LogP contribution in [-0.4, -0.2) is 45.2 Å². The molecule has 0 aromatic heterocycles. The first-order valence-electron chi connectivity index (χ1n) is 10.7. The van der Waals surface area contributed by atoms with Crippen molar-refractivity contribution < 1.29 is 19.1 Å². The van der Waals surface area contributed by atoms with Crippen molar-refractivity contribution in [1.82, 2.24) is 10.6 Å². The molecule has 3 aromatic carbocycles. The summed E-state index contributed by atoms with van der Waals surface area (Å²) in [5, 5.41) is 9.02. The van der Waals surface area contributed by atoms with Crippen LogP contribution in [0.15, 0.2) is 78.9 Å². The van der Waals surface area contributed by atoms with Gasteiger partial charge in [-0.25, -0.2) is 0 Å². The van der Waals surface area contributed by atoms with Gasteiger partial charge in [0.15, 0.2) is 0 Å². The molecule has 0 aliphatic carbocycles. The Balaban J connectivity index is 1.59. The number of amides is 2. The molecule has 0 radical (unpaired) electrons. The smallest absolute Gasteiger partial charge is 0.252 e. The Kier molecular flexibility index (Phi) is 8.71. The van der Waals surface area contributed by atoms with Crippen molar-refractivity contribution in [2.45, 2.75) is 12.5 Å². The molecule has 3 aromatic rings. The van der Waals surface area contributed by atoms with E-state index in [-0.39, 0.29) is 11.8 Å². The third-order valence-corrected chi connectivity index (χ3v) is 5.08. The minimum Gasteiger partial charge on any atom is -0.497 e. The number of carbonyl (C=O) groups excluding carboxylic acids is 2. The van der Waals surface area contributed by atoms with Crippen molar-refractivity contribution in [1.29, 1.82) is 0 Å². The first-order valence-corrected chi connectivity index (χ1v) is 10.7. The topological polar surface area (TPSA) is 88.7 Å². The second-order valence-corrected chi connectivity index (χ2v) is 7.39. The normalized spacial score (nSPS) is 11.2. The zero-order valence-electron chi connectivity index (χ0n) is 18.8. The van der Waals surface area contributed by atoms with Crippen LogP contribution in [0.25, 0.3) is 0 Å². The van der Waals surface area contributed by atoms with Crippen LogP contribution >= 0.6 is 0 Å². The first-order chi connectivity index (χ1) is 16.1. The summed E-state index contributed by atoms with van der Waals surface area (Å²) in [6, 6.07) is 23.3. The zero-order chi connectivity index (χ0) is 23.5. The van der Waals surface area contributed by atoms with Gasteiger partial charge in [0.25, 0.3) is 5.91 Å². The molecular formula is C26H29N3O4. The van der Waals surface area contributed by atoms with Crippen LogP contribution in [0.4, 0.5) is 5.69 Å². The van der Waals surface area contributed by atoms with Gasteiger partial charge in [0, 0.05) is 30.8 Å². The Bertz CT molecular complexity index is 1040. The molecule has 0 fully saturated rings. The van der Waals surface area contributed by atoms with E-state index in [0.29, 0.717) is 30.8 Å². The van der Waals surface area contributed by atoms with Gasteiger partial charge in [-0.2, -0.15) is 0 Å². The Morgan fingerprint density at radius 1 is 0.818 bits per heavy atom. The highest BCUT2D eigenvalue weighted by molar-refractivity contribution is 5.97. The highest BCUT2D eigenvalue weighted by Gasteiger charge is 2.22. The van der Waals surface area contributed by atoms with E-state index in [1.807, 2.05) is 54.6 Å². The lowest BCUT2D eigenvalue weighted by Gasteiger charge is -2.19. The van der Waals surface area contributed by atoms with Crippen molar-refractivity contribution in [2.75, 3.05) is 32.6 Å². The molecule has 7 nitrogen and oxygen atoms in total. The van der Waals surface area contributed by atoms with Crippen LogP contribution in [0.1, 0.15) is 15.9 Å². The van der Waals surface area contributed by atoms with Crippen LogP contribution in [0.2, 0.25) is 0 Å². The van der Waals surface area contributed by atoms with Crippen LogP contribution in [-0.2, 0) is 11.2 Å². The summed E-state index contributed by atoms with van der Waals surface area (Å²) in [4.78, 5) is 25.8. The molecule has 0 unspecified atom stereocenters. The molecule has 0 spiro atoms. The molecule has 0 aliphatic heterocycles. The van der Waals surface area contributed by atoms with Crippen LogP contribution < -0.4 is 25.4 Å². The fourth-order valence-electron chi connectivity index (χ4n) is 3.29. The maximum atomic E-state index is 12.9. The number of nitrogens with one attached hydrogen (secondary N) is 3. The molecule has 3 rings (SSSR count). The van der Waals surface area contributed by atoms with Crippen LogP contribution in [0, 0.1) is 0 Å². The fraction of sp³-hybridized carbons (Fsp3) is 0.231. The second-order valence-electron chi connectivity index (χ2n) is 7.39. The Labute approximate surface area is 194 Å². The minimum absolute atomic E-state index is 0.244. The molecule has 33 heavy (non-hydrogen) atoms. The number of hydrogen-bond acceptors (Lipinski definition) is 5. The van der Waals surface area contributed by atoms with Crippen molar-refractivity contribution in [3.8, 4) is 11.5 Å². The van der Waals surface area contributed by atoms with Gasteiger partial charge < -0.3 is 25.4 Å². The number of hydrogen-bond donors (Lipinski definition) is 3. The van der Waals surface area contributed by atoms with Gasteiger partial charge in [-0.3, -0.25) is 9.59 Å². The SMILES string of the molecule is COc1ccc(NCCNC(=O)[C@H](Cc2ccccc2)NC(=O)c2cccc(OC)c2)cc1. The average Bonchev–Trinajstić information content (AvgIpc) is 2.87. The standard InChI is InChI=1S/C26H29N3O4/c1-32-22-13-11-21(12-14-22)27-15-16-28-26(31)24(17-19-7-4-3-5-8-19)29-25(30)20-9-6-10-23(18-20)33-2/h3-14,18,24,27H,15-17H2,1-2H3,(H,28,31)(H,29,30)/t24-/m0/s1. The summed E-state index contributed by atoms with van der Waals surface area (Å²) in [7, 11) is 3.17. The summed E-state index contributed by atoms with van der Waals surface area (Å²) in [6.07, 6.45) is 0.383. The van der Waals surface area contributed by atoms with Crippen molar-refractivity contribution >= 4 is 17.5 Å². The zero-order valence-corrected chi connectivity index (χ0v) is 18.8. The fourth-order valence-corrected chi connectivity index (χ4v) is 3.29. The number of benzene rings is 3. The number of rotatable bonds is 11. The van der Waals surface area contributed by atoms with E-state index in [2.05, 4.69) is 16.0 Å². The Hall–Kier alpha value is -4.00. The average molecular weight is 448 g/mol. The quantitative estimate of drug-likeness (QED) is 0.393. The van der Waals surface area contributed by atoms with Gasteiger partial charge in [-0.15, -0.1) is 0 Å². The predicted molar refractivity (Wildman–Crippen MR) is 129 cm³/mol. The van der Waals surface area contributed by atoms with E-state index in [1.165, 1.54) is 0 Å². The van der Waals surface area contributed by atoms with Crippen LogP contribution in [0.3, 0.4) is 0 Å². The van der Waals surface area contributed by atoms with Gasteiger partial charge in [0.2, 0.25) is 5.91 Å². The molecule has 172 valence electrons. The molecule has 0 heterocycles. The first kappa shape index (κ1) is 23.7. The summed E-state index contributed by atoms with van der Waals surface area (Å²) in [6.45, 7) is 0.950. The third-order valence-electron chi connectivity index (χ3n) is 5.08. The molecule has 0 saturated heterocycles. The Morgan fingerprint density at radius 2 is 1.55 bits per heavy atom. The largest absolute Gasteiger partial charge is 0.497 e. The predicted octanol–water partition coefficient (Wildman–Crippen LogP) is 3.27. The second kappa shape index (κ2) is 12.1. The Morgan fingerprint density at radius 3 is 2.24 bits per heavy atom.